The van der Waals surface area contributed by atoms with E-state index in [-0.39, 0.29) is 6.54 Å². The Labute approximate surface area is 123 Å². The lowest BCUT2D eigenvalue weighted by molar-refractivity contribution is -0.248. The van der Waals surface area contributed by atoms with E-state index in [0.717, 1.165) is 29.2 Å². The van der Waals surface area contributed by atoms with Crippen LogP contribution in [-0.4, -0.2) is 54.2 Å². The summed E-state index contributed by atoms with van der Waals surface area (Å²) in [7, 11) is -5.52. The molecule has 130 valence electrons. The standard InChI is InChI=1S/C10H15F6N3O2S/c1-3-4-5-18-7-6-17(2)8(18)19(9(11,12)13)22(20,21)10(14,15)16/h6-8H,3-5H2,1-2H3. The summed E-state index contributed by atoms with van der Waals surface area (Å²) < 4.78 is 98.1. The van der Waals surface area contributed by atoms with Gasteiger partial charge in [-0.05, 0) is 6.42 Å². The van der Waals surface area contributed by atoms with Crippen LogP contribution in [0, 0.1) is 0 Å². The summed E-state index contributed by atoms with van der Waals surface area (Å²) in [4.78, 5) is 1.66. The largest absolute Gasteiger partial charge is 0.512 e. The van der Waals surface area contributed by atoms with Gasteiger partial charge in [-0.25, -0.2) is 8.42 Å². The van der Waals surface area contributed by atoms with Gasteiger partial charge in [-0.15, -0.1) is 0 Å². The molecule has 0 aliphatic carbocycles. The summed E-state index contributed by atoms with van der Waals surface area (Å²) in [6, 6.07) is 0. The summed E-state index contributed by atoms with van der Waals surface area (Å²) in [5.41, 5.74) is -6.05. The summed E-state index contributed by atoms with van der Waals surface area (Å²) in [5.74, 6) is 0. The van der Waals surface area contributed by atoms with Crippen LogP contribution in [-0.2, 0) is 10.0 Å². The monoisotopic (exact) mass is 355 g/mol. The zero-order valence-electron chi connectivity index (χ0n) is 11.7. The fourth-order valence-corrected chi connectivity index (χ4v) is 2.93. The molecule has 0 bridgehead atoms. The van der Waals surface area contributed by atoms with Gasteiger partial charge in [-0.2, -0.15) is 26.3 Å². The Hall–Kier alpha value is -1.17. The van der Waals surface area contributed by atoms with Crippen molar-refractivity contribution in [2.75, 3.05) is 13.6 Å². The van der Waals surface area contributed by atoms with Gasteiger partial charge in [0.05, 0.1) is 0 Å². The third kappa shape index (κ3) is 3.59. The van der Waals surface area contributed by atoms with Crippen molar-refractivity contribution in [2.24, 2.45) is 0 Å². The molecule has 12 heteroatoms. The first kappa shape index (κ1) is 18.9. The molecule has 0 aromatic carbocycles. The van der Waals surface area contributed by atoms with Gasteiger partial charge < -0.3 is 9.80 Å². The predicted molar refractivity (Wildman–Crippen MR) is 65.2 cm³/mol. The zero-order valence-corrected chi connectivity index (χ0v) is 12.5. The zero-order chi connectivity index (χ0) is 17.3. The van der Waals surface area contributed by atoms with E-state index in [9.17, 15) is 34.8 Å². The van der Waals surface area contributed by atoms with Crippen molar-refractivity contribution < 1.29 is 34.8 Å². The molecular weight excluding hydrogens is 340 g/mol. The lowest BCUT2D eigenvalue weighted by atomic mass is 10.3. The maximum absolute atomic E-state index is 13.0. The van der Waals surface area contributed by atoms with Crippen LogP contribution in [0.2, 0.25) is 0 Å². The highest BCUT2D eigenvalue weighted by Crippen LogP contribution is 2.38. The van der Waals surface area contributed by atoms with Gasteiger partial charge in [0, 0.05) is 26.0 Å². The Morgan fingerprint density at radius 3 is 2.09 bits per heavy atom. The first-order valence-electron chi connectivity index (χ1n) is 6.17. The second kappa shape index (κ2) is 6.14. The maximum atomic E-state index is 13.0. The Kier molecular flexibility index (Phi) is 5.27. The molecule has 0 radical (unpaired) electrons. The molecule has 0 aromatic heterocycles. The van der Waals surface area contributed by atoms with Crippen LogP contribution in [0.1, 0.15) is 19.8 Å². The second-order valence-corrected chi connectivity index (χ2v) is 6.42. The molecule has 1 atom stereocenters. The second-order valence-electron chi connectivity index (χ2n) is 4.62. The lowest BCUT2D eigenvalue weighted by Crippen LogP contribution is -2.61. The molecule has 22 heavy (non-hydrogen) atoms. The van der Waals surface area contributed by atoms with Crippen LogP contribution in [0.4, 0.5) is 26.3 Å². The Balaban J connectivity index is 3.29. The highest BCUT2D eigenvalue weighted by molar-refractivity contribution is 7.90. The lowest BCUT2D eigenvalue weighted by Gasteiger charge is -2.39. The van der Waals surface area contributed by atoms with Gasteiger partial charge >= 0.3 is 21.8 Å². The molecule has 0 N–H and O–H groups in total. The van der Waals surface area contributed by atoms with Crippen molar-refractivity contribution in [3.05, 3.63) is 12.4 Å². The molecule has 5 nitrogen and oxygen atoms in total. The summed E-state index contributed by atoms with van der Waals surface area (Å²) in [5, 5.41) is 0. The van der Waals surface area contributed by atoms with Crippen LogP contribution < -0.4 is 0 Å². The minimum Gasteiger partial charge on any atom is -0.346 e. The fourth-order valence-electron chi connectivity index (χ4n) is 1.91. The van der Waals surface area contributed by atoms with Gasteiger partial charge in [0.2, 0.25) is 0 Å². The molecule has 0 saturated carbocycles. The third-order valence-electron chi connectivity index (χ3n) is 2.94. The number of hydrogen-bond acceptors (Lipinski definition) is 4. The fraction of sp³-hybridized carbons (Fsp3) is 0.800. The van der Waals surface area contributed by atoms with E-state index in [1.165, 1.54) is 0 Å². The molecule has 1 aliphatic rings. The van der Waals surface area contributed by atoms with E-state index in [4.69, 9.17) is 0 Å². The number of nitrogens with zero attached hydrogens (tertiary/aromatic N) is 3. The molecular formula is C10H15F6N3O2S. The third-order valence-corrected chi connectivity index (χ3v) is 4.43. The Morgan fingerprint density at radius 1 is 1.14 bits per heavy atom. The van der Waals surface area contributed by atoms with Gasteiger partial charge in [-0.3, -0.25) is 0 Å². The van der Waals surface area contributed by atoms with E-state index in [1.54, 1.807) is 6.92 Å². The smallest absolute Gasteiger partial charge is 0.346 e. The first-order valence-corrected chi connectivity index (χ1v) is 7.61. The maximum Gasteiger partial charge on any atom is 0.512 e. The molecule has 0 amide bonds. The summed E-state index contributed by atoms with van der Waals surface area (Å²) in [6.45, 7) is 1.73. The average molecular weight is 355 g/mol. The average Bonchev–Trinajstić information content (AvgIpc) is 2.65. The summed E-state index contributed by atoms with van der Waals surface area (Å²) in [6.07, 6.45) is -4.66. The van der Waals surface area contributed by atoms with Crippen LogP contribution in [0.15, 0.2) is 12.4 Å². The molecule has 0 fully saturated rings. The van der Waals surface area contributed by atoms with Crippen molar-refractivity contribution in [3.8, 4) is 0 Å². The van der Waals surface area contributed by atoms with Gasteiger partial charge in [0.15, 0.2) is 6.29 Å². The van der Waals surface area contributed by atoms with Crippen molar-refractivity contribution in [2.45, 2.75) is 37.9 Å². The highest BCUT2D eigenvalue weighted by atomic mass is 32.2. The van der Waals surface area contributed by atoms with Gasteiger partial charge in [-0.1, -0.05) is 17.6 Å². The van der Waals surface area contributed by atoms with E-state index in [0.29, 0.717) is 12.8 Å². The minimum absolute atomic E-state index is 0.0119. The quantitative estimate of drug-likeness (QED) is 0.561. The molecule has 1 rings (SSSR count). The number of sulfonamides is 1. The molecule has 1 heterocycles. The van der Waals surface area contributed by atoms with Crippen molar-refractivity contribution in [1.29, 1.82) is 0 Å². The summed E-state index contributed by atoms with van der Waals surface area (Å²) >= 11 is 0. The predicted octanol–water partition coefficient (Wildman–Crippen LogP) is 2.46. The van der Waals surface area contributed by atoms with Crippen LogP contribution in [0.25, 0.3) is 0 Å². The highest BCUT2D eigenvalue weighted by Gasteiger charge is 2.63. The molecule has 0 saturated heterocycles. The Morgan fingerprint density at radius 2 is 1.68 bits per heavy atom. The molecule has 0 aromatic rings. The van der Waals surface area contributed by atoms with Crippen molar-refractivity contribution >= 4 is 10.0 Å². The number of alkyl halides is 6. The van der Waals surface area contributed by atoms with Crippen LogP contribution >= 0.6 is 0 Å². The number of unbranched alkanes of at least 4 members (excludes halogenated alkanes) is 1. The van der Waals surface area contributed by atoms with E-state index < -0.39 is 32.4 Å². The number of rotatable bonds is 5. The van der Waals surface area contributed by atoms with Crippen LogP contribution in [0.5, 0.6) is 0 Å². The topological polar surface area (TPSA) is 43.9 Å². The number of hydrogen-bond donors (Lipinski definition) is 0. The molecule has 1 aliphatic heterocycles. The normalized spacial score (nSPS) is 20.3. The van der Waals surface area contributed by atoms with Crippen LogP contribution in [0.3, 0.4) is 0 Å². The SMILES string of the molecule is CCCCN1C=CN(C)C1N(C(F)(F)F)S(=O)(=O)C(F)(F)F. The molecule has 0 spiro atoms. The van der Waals surface area contributed by atoms with Gasteiger partial charge in [0.25, 0.3) is 0 Å². The number of halogens is 6. The van der Waals surface area contributed by atoms with Gasteiger partial charge in [0.1, 0.15) is 0 Å². The van der Waals surface area contributed by atoms with Crippen molar-refractivity contribution in [1.82, 2.24) is 14.1 Å². The van der Waals surface area contributed by atoms with Crippen molar-refractivity contribution in [3.63, 3.8) is 0 Å². The van der Waals surface area contributed by atoms with E-state index in [1.807, 2.05) is 0 Å². The molecule has 1 unspecified atom stereocenters. The van der Waals surface area contributed by atoms with E-state index in [2.05, 4.69) is 0 Å². The Bertz CT molecular complexity index is 516. The minimum atomic E-state index is -6.59. The first-order chi connectivity index (χ1) is 9.84. The van der Waals surface area contributed by atoms with E-state index >= 15 is 0 Å².